The Balaban J connectivity index is 1.88. The minimum Gasteiger partial charge on any atom is -0.492 e. The zero-order valence-corrected chi connectivity index (χ0v) is 10.4. The predicted molar refractivity (Wildman–Crippen MR) is 69.9 cm³/mol. The van der Waals surface area contributed by atoms with E-state index in [-0.39, 0.29) is 0 Å². The molecule has 18 heavy (non-hydrogen) atoms. The molecule has 0 bridgehead atoms. The highest BCUT2D eigenvalue weighted by Crippen LogP contribution is 2.22. The van der Waals surface area contributed by atoms with E-state index in [4.69, 9.17) is 15.7 Å². The van der Waals surface area contributed by atoms with Crippen LogP contribution in [0.4, 0.5) is 0 Å². The van der Waals surface area contributed by atoms with Gasteiger partial charge < -0.3 is 15.7 Å². The Morgan fingerprint density at radius 1 is 1.44 bits per heavy atom. The number of amidine groups is 1. The Hall–Kier alpha value is -1.75. The number of nitrogens with two attached hydrogens (primary N) is 1. The number of rotatable bonds is 4. The van der Waals surface area contributed by atoms with Gasteiger partial charge in [0, 0.05) is 25.1 Å². The van der Waals surface area contributed by atoms with Crippen LogP contribution >= 0.6 is 0 Å². The maximum atomic E-state index is 8.48. The normalized spacial score (nSPS) is 16.8. The highest BCUT2D eigenvalue weighted by molar-refractivity contribution is 5.79. The van der Waals surface area contributed by atoms with Gasteiger partial charge in [0.15, 0.2) is 0 Å². The van der Waals surface area contributed by atoms with Crippen LogP contribution in [-0.2, 0) is 6.54 Å². The SMILES string of the molecule is NC(CCCN1CCOc2ccccc2C1)=NO. The molecule has 1 aliphatic heterocycles. The van der Waals surface area contributed by atoms with Crippen molar-refractivity contribution in [1.29, 1.82) is 0 Å². The van der Waals surface area contributed by atoms with E-state index < -0.39 is 0 Å². The number of benzene rings is 1. The van der Waals surface area contributed by atoms with Crippen molar-refractivity contribution in [2.75, 3.05) is 19.7 Å². The van der Waals surface area contributed by atoms with E-state index in [0.29, 0.717) is 18.9 Å². The van der Waals surface area contributed by atoms with Gasteiger partial charge in [-0.05, 0) is 19.0 Å². The van der Waals surface area contributed by atoms with E-state index in [1.165, 1.54) is 5.56 Å². The van der Waals surface area contributed by atoms with Crippen molar-refractivity contribution >= 4 is 5.84 Å². The van der Waals surface area contributed by atoms with Gasteiger partial charge in [0.2, 0.25) is 0 Å². The lowest BCUT2D eigenvalue weighted by Gasteiger charge is -2.18. The third kappa shape index (κ3) is 3.37. The van der Waals surface area contributed by atoms with Crippen LogP contribution in [0.15, 0.2) is 29.4 Å². The van der Waals surface area contributed by atoms with E-state index in [1.54, 1.807) is 0 Å². The van der Waals surface area contributed by atoms with Crippen LogP contribution < -0.4 is 10.5 Å². The zero-order valence-electron chi connectivity index (χ0n) is 10.4. The summed E-state index contributed by atoms with van der Waals surface area (Å²) >= 11 is 0. The lowest BCUT2D eigenvalue weighted by atomic mass is 10.2. The van der Waals surface area contributed by atoms with Crippen LogP contribution in [0.25, 0.3) is 0 Å². The Bertz CT molecular complexity index is 420. The molecular weight excluding hydrogens is 230 g/mol. The number of para-hydroxylation sites is 1. The molecule has 0 aliphatic carbocycles. The standard InChI is InChI=1S/C13H19N3O2/c14-13(15-17)6-3-7-16-8-9-18-12-5-2-1-4-11(12)10-16/h1-2,4-5,17H,3,6-10H2,(H2,14,15). The van der Waals surface area contributed by atoms with Gasteiger partial charge in [0.05, 0.1) is 0 Å². The van der Waals surface area contributed by atoms with Gasteiger partial charge >= 0.3 is 0 Å². The van der Waals surface area contributed by atoms with Crippen molar-refractivity contribution in [1.82, 2.24) is 4.90 Å². The molecule has 5 nitrogen and oxygen atoms in total. The van der Waals surface area contributed by atoms with Gasteiger partial charge in [-0.1, -0.05) is 23.4 Å². The molecule has 0 spiro atoms. The summed E-state index contributed by atoms with van der Waals surface area (Å²) in [5.74, 6) is 1.28. The molecule has 1 aromatic carbocycles. The first-order valence-electron chi connectivity index (χ1n) is 6.19. The van der Waals surface area contributed by atoms with Gasteiger partial charge in [-0.25, -0.2) is 0 Å². The largest absolute Gasteiger partial charge is 0.492 e. The average Bonchev–Trinajstić information content (AvgIpc) is 2.60. The molecule has 0 amide bonds. The first kappa shape index (κ1) is 12.7. The summed E-state index contributed by atoms with van der Waals surface area (Å²) in [6, 6.07) is 8.13. The van der Waals surface area contributed by atoms with Crippen molar-refractivity contribution in [2.45, 2.75) is 19.4 Å². The number of nitrogens with zero attached hydrogens (tertiary/aromatic N) is 2. The molecule has 5 heteroatoms. The Morgan fingerprint density at radius 3 is 3.11 bits per heavy atom. The summed E-state index contributed by atoms with van der Waals surface area (Å²) in [6.45, 7) is 3.44. The highest BCUT2D eigenvalue weighted by atomic mass is 16.5. The van der Waals surface area contributed by atoms with Crippen LogP contribution in [0.2, 0.25) is 0 Å². The Kier molecular flexibility index (Phi) is 4.41. The second-order valence-corrected chi connectivity index (χ2v) is 4.43. The van der Waals surface area contributed by atoms with Gasteiger partial charge in [-0.2, -0.15) is 0 Å². The molecular formula is C13H19N3O2. The van der Waals surface area contributed by atoms with E-state index >= 15 is 0 Å². The van der Waals surface area contributed by atoms with Crippen molar-refractivity contribution in [3.8, 4) is 5.75 Å². The molecule has 3 N–H and O–H groups in total. The molecule has 1 aromatic rings. The molecule has 98 valence electrons. The second kappa shape index (κ2) is 6.26. The van der Waals surface area contributed by atoms with E-state index in [1.807, 2.05) is 18.2 Å². The van der Waals surface area contributed by atoms with Crippen molar-refractivity contribution in [2.24, 2.45) is 10.9 Å². The van der Waals surface area contributed by atoms with Crippen molar-refractivity contribution in [3.63, 3.8) is 0 Å². The molecule has 0 saturated carbocycles. The van der Waals surface area contributed by atoms with E-state index in [0.717, 1.165) is 31.8 Å². The maximum Gasteiger partial charge on any atom is 0.139 e. The second-order valence-electron chi connectivity index (χ2n) is 4.43. The monoisotopic (exact) mass is 249 g/mol. The summed E-state index contributed by atoms with van der Waals surface area (Å²) in [5.41, 5.74) is 6.67. The summed E-state index contributed by atoms with van der Waals surface area (Å²) in [7, 11) is 0. The van der Waals surface area contributed by atoms with Crippen LogP contribution in [0.3, 0.4) is 0 Å². The zero-order chi connectivity index (χ0) is 12.8. The lowest BCUT2D eigenvalue weighted by molar-refractivity contribution is 0.224. The number of hydrogen-bond donors (Lipinski definition) is 2. The van der Waals surface area contributed by atoms with E-state index in [9.17, 15) is 0 Å². The molecule has 0 atom stereocenters. The topological polar surface area (TPSA) is 71.1 Å². The quantitative estimate of drug-likeness (QED) is 0.366. The van der Waals surface area contributed by atoms with Gasteiger partial charge in [0.25, 0.3) is 0 Å². The first-order valence-corrected chi connectivity index (χ1v) is 6.19. The summed E-state index contributed by atoms with van der Waals surface area (Å²) < 4.78 is 5.70. The number of ether oxygens (including phenoxy) is 1. The Morgan fingerprint density at radius 2 is 2.28 bits per heavy atom. The molecule has 0 aromatic heterocycles. The summed E-state index contributed by atoms with van der Waals surface area (Å²) in [6.07, 6.45) is 1.51. The molecule has 0 saturated heterocycles. The minimum atomic E-state index is 0.293. The van der Waals surface area contributed by atoms with Crippen LogP contribution in [0, 0.1) is 0 Å². The fourth-order valence-corrected chi connectivity index (χ4v) is 2.10. The highest BCUT2D eigenvalue weighted by Gasteiger charge is 2.14. The van der Waals surface area contributed by atoms with Crippen LogP contribution in [0.1, 0.15) is 18.4 Å². The fraction of sp³-hybridized carbons (Fsp3) is 0.462. The van der Waals surface area contributed by atoms with Gasteiger partial charge in [-0.3, -0.25) is 4.90 Å². The Labute approximate surface area is 107 Å². The molecule has 1 aliphatic rings. The minimum absolute atomic E-state index is 0.293. The fourth-order valence-electron chi connectivity index (χ4n) is 2.10. The average molecular weight is 249 g/mol. The van der Waals surface area contributed by atoms with Crippen LogP contribution in [-0.4, -0.2) is 35.6 Å². The third-order valence-corrected chi connectivity index (χ3v) is 3.07. The molecule has 0 fully saturated rings. The first-order chi connectivity index (χ1) is 8.79. The lowest BCUT2D eigenvalue weighted by Crippen LogP contribution is -2.27. The molecule has 2 rings (SSSR count). The van der Waals surface area contributed by atoms with Crippen LogP contribution in [0.5, 0.6) is 5.75 Å². The van der Waals surface area contributed by atoms with Crippen molar-refractivity contribution in [3.05, 3.63) is 29.8 Å². The van der Waals surface area contributed by atoms with Crippen molar-refractivity contribution < 1.29 is 9.94 Å². The van der Waals surface area contributed by atoms with Gasteiger partial charge in [0.1, 0.15) is 18.2 Å². The molecule has 0 unspecified atom stereocenters. The maximum absolute atomic E-state index is 8.48. The molecule has 0 radical (unpaired) electrons. The smallest absolute Gasteiger partial charge is 0.139 e. The summed E-state index contributed by atoms with van der Waals surface area (Å²) in [5, 5.41) is 11.5. The van der Waals surface area contributed by atoms with Gasteiger partial charge in [-0.15, -0.1) is 0 Å². The number of hydrogen-bond acceptors (Lipinski definition) is 4. The number of fused-ring (bicyclic) bond motifs is 1. The number of oxime groups is 1. The third-order valence-electron chi connectivity index (χ3n) is 3.07. The predicted octanol–water partition coefficient (Wildman–Crippen LogP) is 1.41. The molecule has 1 heterocycles. The van der Waals surface area contributed by atoms with E-state index in [2.05, 4.69) is 16.1 Å². The summed E-state index contributed by atoms with van der Waals surface area (Å²) in [4.78, 5) is 2.33.